The molecule has 0 bridgehead atoms. The number of thioether (sulfide) groups is 1. The van der Waals surface area contributed by atoms with E-state index in [0.29, 0.717) is 18.8 Å². The van der Waals surface area contributed by atoms with Crippen molar-refractivity contribution in [2.24, 2.45) is 5.73 Å². The van der Waals surface area contributed by atoms with Gasteiger partial charge in [-0.3, -0.25) is 19.3 Å². The number of fused-ring (bicyclic) bond motifs is 2. The van der Waals surface area contributed by atoms with Crippen LogP contribution in [0, 0.1) is 0 Å². The second-order valence-corrected chi connectivity index (χ2v) is 11.2. The van der Waals surface area contributed by atoms with E-state index in [4.69, 9.17) is 19.9 Å². The summed E-state index contributed by atoms with van der Waals surface area (Å²) in [7, 11) is 0. The number of nitrogens with one attached hydrogen (secondary N) is 1. The van der Waals surface area contributed by atoms with Crippen molar-refractivity contribution in [3.63, 3.8) is 0 Å². The first-order valence-corrected chi connectivity index (χ1v) is 12.9. The van der Waals surface area contributed by atoms with E-state index in [1.54, 1.807) is 32.9 Å². The molecule has 3 atom stereocenters. The van der Waals surface area contributed by atoms with E-state index in [1.807, 2.05) is 0 Å². The van der Waals surface area contributed by atoms with Crippen molar-refractivity contribution in [1.29, 1.82) is 0 Å². The molecule has 3 unspecified atom stereocenters. The third-order valence-corrected chi connectivity index (χ3v) is 7.55. The number of benzene rings is 1. The van der Waals surface area contributed by atoms with Crippen molar-refractivity contribution in [3.8, 4) is 5.75 Å². The molecular weight excluding hydrogens is 541 g/mol. The molecule has 0 aromatic heterocycles. The summed E-state index contributed by atoms with van der Waals surface area (Å²) in [5, 5.41) is 11.5. The number of ether oxygens (including phenoxy) is 3. The van der Waals surface area contributed by atoms with Crippen LogP contribution in [-0.4, -0.2) is 105 Å². The summed E-state index contributed by atoms with van der Waals surface area (Å²) in [5.41, 5.74) is 4.16. The minimum atomic E-state index is -2.29. The van der Waals surface area contributed by atoms with Gasteiger partial charge in [-0.2, -0.15) is 0 Å². The first kappa shape index (κ1) is 31.0. The zero-order valence-electron chi connectivity index (χ0n) is 21.4. The van der Waals surface area contributed by atoms with Gasteiger partial charge < -0.3 is 30.4 Å². The molecule has 0 aliphatic carbocycles. The van der Waals surface area contributed by atoms with Gasteiger partial charge in [-0.1, -0.05) is 6.07 Å². The van der Waals surface area contributed by atoms with Crippen LogP contribution < -0.4 is 15.8 Å². The quantitative estimate of drug-likeness (QED) is 0.171. The fraction of sp³-hybridized carbons (Fsp3) is 0.480. The van der Waals surface area contributed by atoms with E-state index < -0.39 is 52.3 Å². The Hall–Kier alpha value is -2.58. The minimum absolute atomic E-state index is 0. The zero-order valence-corrected chi connectivity index (χ0v) is 22.2. The molecule has 0 radical (unpaired) electrons. The van der Waals surface area contributed by atoms with Crippen LogP contribution in [0.1, 0.15) is 38.8 Å². The zero-order chi connectivity index (χ0) is 28.0. The third-order valence-electron chi connectivity index (χ3n) is 6.21. The van der Waals surface area contributed by atoms with Crippen LogP contribution in [0.5, 0.6) is 5.75 Å². The number of aliphatic carboxylic acids is 1. The molecule has 0 saturated carbocycles. The van der Waals surface area contributed by atoms with Gasteiger partial charge in [-0.15, -0.1) is 11.8 Å². The standard InChI is InChI=1S/C25H29N3O9S.Na.H/c1-12(29)36-10-14-11-38-20-17(19(30)28(20)18(14)21(31)32)27-22(33)25(26,23(34)37-24(2,3)4)15-5-6-16-13(9-15)7-8-35-16;;/h5-6,9,17,20H,7-8,10-11,26H2,1-4H3,(H,27,33)(H,31,32);;. The molecule has 3 aliphatic rings. The third kappa shape index (κ3) is 5.97. The summed E-state index contributed by atoms with van der Waals surface area (Å²) >= 11 is 1.19. The predicted octanol–water partition coefficient (Wildman–Crippen LogP) is -0.230. The molecule has 1 fully saturated rings. The Labute approximate surface area is 251 Å². The molecule has 3 aliphatic heterocycles. The Bertz CT molecular complexity index is 1260. The summed E-state index contributed by atoms with van der Waals surface area (Å²) in [6.45, 7) is 6.29. The Morgan fingerprint density at radius 1 is 1.26 bits per heavy atom. The average molecular weight is 572 g/mol. The molecule has 39 heavy (non-hydrogen) atoms. The molecule has 1 aromatic carbocycles. The number of rotatable bonds is 7. The van der Waals surface area contributed by atoms with Gasteiger partial charge in [0.1, 0.15) is 35.1 Å². The van der Waals surface area contributed by atoms with Gasteiger partial charge in [0.2, 0.25) is 5.54 Å². The number of hydrogen-bond donors (Lipinski definition) is 3. The summed E-state index contributed by atoms with van der Waals surface area (Å²) in [5.74, 6) is -3.83. The fourth-order valence-corrected chi connectivity index (χ4v) is 5.70. The van der Waals surface area contributed by atoms with Crippen LogP contribution in [0.15, 0.2) is 29.5 Å². The molecule has 14 heteroatoms. The van der Waals surface area contributed by atoms with Gasteiger partial charge in [0.25, 0.3) is 11.8 Å². The number of nitrogens with two attached hydrogens (primary N) is 1. The van der Waals surface area contributed by atoms with Crippen molar-refractivity contribution in [2.45, 2.75) is 56.7 Å². The molecule has 1 saturated heterocycles. The van der Waals surface area contributed by atoms with Crippen molar-refractivity contribution in [3.05, 3.63) is 40.6 Å². The van der Waals surface area contributed by atoms with Crippen LogP contribution in [0.25, 0.3) is 0 Å². The van der Waals surface area contributed by atoms with Gasteiger partial charge in [-0.25, -0.2) is 9.59 Å². The summed E-state index contributed by atoms with van der Waals surface area (Å²) in [6, 6.07) is 3.60. The molecule has 12 nitrogen and oxygen atoms in total. The van der Waals surface area contributed by atoms with E-state index in [9.17, 15) is 29.1 Å². The van der Waals surface area contributed by atoms with E-state index in [-0.39, 0.29) is 58.8 Å². The Morgan fingerprint density at radius 3 is 2.56 bits per heavy atom. The van der Waals surface area contributed by atoms with Crippen molar-refractivity contribution in [2.75, 3.05) is 19.0 Å². The first-order chi connectivity index (χ1) is 17.7. The number of carboxylic acids is 1. The predicted molar refractivity (Wildman–Crippen MR) is 141 cm³/mol. The maximum absolute atomic E-state index is 13.6. The van der Waals surface area contributed by atoms with Crippen LogP contribution in [0.2, 0.25) is 0 Å². The number of hydrogen-bond acceptors (Lipinski definition) is 10. The molecule has 206 valence electrons. The SMILES string of the molecule is CC(=O)OCC1=C(C(=O)O)N2C(=O)C(NC(=O)C(N)(C(=O)OC(C)(C)C)c3ccc4c(c3)CCO4)C2SC1.[NaH]. The molecule has 1 aromatic rings. The number of carbonyl (C=O) groups is 5. The van der Waals surface area contributed by atoms with Crippen molar-refractivity contribution in [1.82, 2.24) is 10.2 Å². The number of amides is 2. The van der Waals surface area contributed by atoms with Gasteiger partial charge in [0, 0.05) is 24.7 Å². The second kappa shape index (κ2) is 11.5. The van der Waals surface area contributed by atoms with Crippen LogP contribution in [0.4, 0.5) is 0 Å². The molecule has 0 spiro atoms. The molecule has 2 amide bonds. The van der Waals surface area contributed by atoms with Crippen LogP contribution >= 0.6 is 11.8 Å². The Morgan fingerprint density at radius 2 is 1.95 bits per heavy atom. The number of carbonyl (C=O) groups excluding carboxylic acids is 4. The average Bonchev–Trinajstić information content (AvgIpc) is 3.31. The summed E-state index contributed by atoms with van der Waals surface area (Å²) in [4.78, 5) is 64.2. The normalized spacial score (nSPS) is 21.3. The first-order valence-electron chi connectivity index (χ1n) is 11.9. The van der Waals surface area contributed by atoms with Crippen molar-refractivity contribution < 1.29 is 43.3 Å². The topological polar surface area (TPSA) is 175 Å². The van der Waals surface area contributed by atoms with E-state index in [0.717, 1.165) is 10.5 Å². The summed E-state index contributed by atoms with van der Waals surface area (Å²) < 4.78 is 15.9. The molecule has 3 heterocycles. The van der Waals surface area contributed by atoms with Gasteiger partial charge in [0.05, 0.1) is 6.61 Å². The van der Waals surface area contributed by atoms with E-state index in [2.05, 4.69) is 5.32 Å². The summed E-state index contributed by atoms with van der Waals surface area (Å²) in [6.07, 6.45) is 0.573. The molecular formula is C25H30N3NaO9S. The monoisotopic (exact) mass is 571 g/mol. The van der Waals surface area contributed by atoms with E-state index in [1.165, 1.54) is 24.8 Å². The molecule has 4 rings (SSSR count). The fourth-order valence-electron chi connectivity index (χ4n) is 4.37. The van der Waals surface area contributed by atoms with Crippen LogP contribution in [0.3, 0.4) is 0 Å². The second-order valence-electron chi connectivity index (χ2n) is 10.1. The Kier molecular flexibility index (Phi) is 9.12. The molecule has 4 N–H and O–H groups in total. The number of nitrogens with zero attached hydrogens (tertiary/aromatic N) is 1. The van der Waals surface area contributed by atoms with Gasteiger partial charge >= 0.3 is 47.5 Å². The Balaban J connectivity index is 0.00000420. The number of carboxylic acid groups (broad SMARTS) is 1. The van der Waals surface area contributed by atoms with Gasteiger partial charge in [0.15, 0.2) is 0 Å². The number of β-lactam (4-membered cyclic amide) rings is 1. The van der Waals surface area contributed by atoms with E-state index >= 15 is 0 Å². The van der Waals surface area contributed by atoms with Crippen molar-refractivity contribution >= 4 is 71.0 Å². The maximum atomic E-state index is 13.6. The van der Waals surface area contributed by atoms with Gasteiger partial charge in [-0.05, 0) is 44.0 Å². The number of esters is 2. The van der Waals surface area contributed by atoms with Crippen LogP contribution in [-0.2, 0) is 45.4 Å².